The van der Waals surface area contributed by atoms with E-state index in [1.54, 1.807) is 6.33 Å². The molecule has 12 nitrogen and oxygen atoms in total. The first-order valence-electron chi connectivity index (χ1n) is 16.8. The molecule has 20 heteroatoms. The zero-order valence-corrected chi connectivity index (χ0v) is 32.3. The summed E-state index contributed by atoms with van der Waals surface area (Å²) in [6.45, 7) is 0. The molecule has 8 rings (SSSR count). The Labute approximate surface area is 333 Å². The Morgan fingerprint density at radius 1 is 0.764 bits per heavy atom. The predicted molar refractivity (Wildman–Crippen MR) is 216 cm³/mol. The first-order chi connectivity index (χ1) is 25.1. The summed E-state index contributed by atoms with van der Waals surface area (Å²) in [7, 11) is -2.02. The highest BCUT2D eigenvalue weighted by Crippen LogP contribution is 2.41. The molecule has 0 saturated heterocycles. The van der Waals surface area contributed by atoms with Gasteiger partial charge in [-0.2, -0.15) is 21.6 Å². The van der Waals surface area contributed by atoms with Crippen LogP contribution in [0.4, 0.5) is 18.9 Å². The lowest BCUT2D eigenvalue weighted by Crippen LogP contribution is -2.28. The maximum Gasteiger partial charge on any atom is 0.534 e. The number of hydrogen-bond donors (Lipinski definition) is 0. The number of nitrogens with zero attached hydrogens (tertiary/aromatic N) is 7. The summed E-state index contributed by atoms with van der Waals surface area (Å²) in [6, 6.07) is 2.95. The smallest absolute Gasteiger partial charge is 0.377 e. The van der Waals surface area contributed by atoms with Gasteiger partial charge in [0.25, 0.3) is 11.1 Å². The minimum atomic E-state index is -5.93. The number of anilines is 1. The molecule has 0 unspecified atom stereocenters. The van der Waals surface area contributed by atoms with E-state index in [1.165, 1.54) is 41.5 Å². The highest BCUT2D eigenvalue weighted by atomic mass is 35.5. The third-order valence-electron chi connectivity index (χ3n) is 9.54. The van der Waals surface area contributed by atoms with Crippen LogP contribution in [0.3, 0.4) is 0 Å². The number of pyridine rings is 2. The molecule has 55 heavy (non-hydrogen) atoms. The summed E-state index contributed by atoms with van der Waals surface area (Å²) in [5.41, 5.74) is -4.22. The van der Waals surface area contributed by atoms with E-state index < -0.39 is 21.4 Å². The van der Waals surface area contributed by atoms with Crippen LogP contribution in [0.1, 0.15) is 91.1 Å². The van der Waals surface area contributed by atoms with Gasteiger partial charge in [-0.15, -0.1) is 22.7 Å². The number of aromatic nitrogens is 6. The van der Waals surface area contributed by atoms with Gasteiger partial charge in [-0.3, -0.25) is 18.7 Å². The van der Waals surface area contributed by atoms with Crippen LogP contribution in [0.2, 0.25) is 10.3 Å². The lowest BCUT2D eigenvalue weighted by molar-refractivity contribution is -0.0499. The van der Waals surface area contributed by atoms with Crippen molar-refractivity contribution < 1.29 is 25.8 Å². The van der Waals surface area contributed by atoms with Crippen molar-refractivity contribution >= 4 is 103 Å². The highest BCUT2D eigenvalue weighted by molar-refractivity contribution is 7.88. The largest absolute Gasteiger partial charge is 0.534 e. The van der Waals surface area contributed by atoms with E-state index in [1.807, 2.05) is 29.6 Å². The topological polar surface area (TPSA) is 142 Å². The molecule has 0 aromatic carbocycles. The Bertz CT molecular complexity index is 2600. The van der Waals surface area contributed by atoms with Crippen LogP contribution in [0.25, 0.3) is 40.9 Å². The van der Waals surface area contributed by atoms with E-state index in [4.69, 9.17) is 23.2 Å². The molecular formula is C35H40Cl2F3N7O5S3. The second-order valence-corrected chi connectivity index (χ2v) is 17.5. The average Bonchev–Trinajstić information content (AvgIpc) is 3.68. The zero-order chi connectivity index (χ0) is 37.8. The van der Waals surface area contributed by atoms with Gasteiger partial charge in [0.15, 0.2) is 5.75 Å². The van der Waals surface area contributed by atoms with E-state index in [2.05, 4.69) is 24.1 Å². The highest BCUT2D eigenvalue weighted by Gasteiger charge is 2.49. The summed E-state index contributed by atoms with van der Waals surface area (Å²) < 4.78 is 69.7. The van der Waals surface area contributed by atoms with Crippen LogP contribution in [0, 0.1) is 0 Å². The maximum absolute atomic E-state index is 13.0. The summed E-state index contributed by atoms with van der Waals surface area (Å²) >= 11 is 14.3. The zero-order valence-electron chi connectivity index (χ0n) is 28.3. The fraction of sp³-hybridized carbons (Fsp3) is 0.486. The molecule has 6 aromatic rings. The molecule has 0 radical (unpaired) electrons. The summed E-state index contributed by atoms with van der Waals surface area (Å²) in [6.07, 6.45) is 13.6. The Balaban J connectivity index is 0.000000207. The minimum Gasteiger partial charge on any atom is -0.377 e. The second-order valence-electron chi connectivity index (χ2n) is 13.2. The van der Waals surface area contributed by atoms with Gasteiger partial charge in [-0.25, -0.2) is 19.9 Å². The summed E-state index contributed by atoms with van der Waals surface area (Å²) in [5, 5.41) is 0.974. The molecular weight excluding hydrogens is 823 g/mol. The molecule has 6 heterocycles. The predicted octanol–water partition coefficient (Wildman–Crippen LogP) is 9.90. The van der Waals surface area contributed by atoms with Crippen LogP contribution in [-0.4, -0.2) is 57.1 Å². The lowest BCUT2D eigenvalue weighted by atomic mass is 9.95. The molecule has 0 atom stereocenters. The lowest BCUT2D eigenvalue weighted by Gasteiger charge is -2.23. The molecule has 2 fully saturated rings. The Hall–Kier alpha value is -3.58. The fourth-order valence-electron chi connectivity index (χ4n) is 6.99. The van der Waals surface area contributed by atoms with Crippen LogP contribution in [0.15, 0.2) is 34.4 Å². The fourth-order valence-corrected chi connectivity index (χ4v) is 10.1. The van der Waals surface area contributed by atoms with Gasteiger partial charge in [-0.05, 0) is 31.7 Å². The van der Waals surface area contributed by atoms with Crippen molar-refractivity contribution in [3.05, 3.63) is 55.8 Å². The number of thiophene rings is 2. The van der Waals surface area contributed by atoms with E-state index in [0.717, 1.165) is 83.8 Å². The molecule has 0 N–H and O–H groups in total. The van der Waals surface area contributed by atoms with Crippen molar-refractivity contribution in [1.29, 1.82) is 0 Å². The number of halogens is 5. The van der Waals surface area contributed by atoms with Crippen molar-refractivity contribution in [2.24, 2.45) is 0 Å². The molecule has 6 aromatic heterocycles. The molecule has 2 saturated carbocycles. The van der Waals surface area contributed by atoms with Crippen molar-refractivity contribution in [3.63, 3.8) is 0 Å². The van der Waals surface area contributed by atoms with Gasteiger partial charge in [0.2, 0.25) is 0 Å². The third kappa shape index (κ3) is 8.15. The van der Waals surface area contributed by atoms with Crippen molar-refractivity contribution in [2.75, 3.05) is 19.0 Å². The van der Waals surface area contributed by atoms with E-state index >= 15 is 0 Å². The quantitative estimate of drug-likeness (QED) is 0.0934. The first-order valence-corrected chi connectivity index (χ1v) is 20.6. The Morgan fingerprint density at radius 3 is 1.65 bits per heavy atom. The SMILES string of the molecule is C.C.CN(C)c1cc(Cl)nc2sc3c(=O)n(C4CCCCC4)cnc3c12.O=c1c2sc3nc(Cl)cc(OS(=O)(=O)C(F)(F)F)c3c2ncn1C1CCCCC1. The summed E-state index contributed by atoms with van der Waals surface area (Å²) in [5.74, 6) is -0.675. The van der Waals surface area contributed by atoms with Crippen molar-refractivity contribution in [3.8, 4) is 5.75 Å². The molecule has 0 spiro atoms. The number of alkyl halides is 3. The van der Waals surface area contributed by atoms with Gasteiger partial charge in [0.05, 0.1) is 34.6 Å². The van der Waals surface area contributed by atoms with E-state index in [9.17, 15) is 31.2 Å². The van der Waals surface area contributed by atoms with Crippen LogP contribution in [0.5, 0.6) is 5.75 Å². The number of rotatable bonds is 5. The van der Waals surface area contributed by atoms with Gasteiger partial charge in [0, 0.05) is 32.2 Å². The van der Waals surface area contributed by atoms with Crippen LogP contribution < -0.4 is 20.2 Å². The Kier molecular flexibility index (Phi) is 12.8. The summed E-state index contributed by atoms with van der Waals surface area (Å²) in [4.78, 5) is 46.1. The number of fused-ring (bicyclic) bond motifs is 6. The van der Waals surface area contributed by atoms with Gasteiger partial charge in [0.1, 0.15) is 34.9 Å². The monoisotopic (exact) mass is 861 g/mol. The first kappa shape index (κ1) is 42.6. The molecule has 0 bridgehead atoms. The van der Waals surface area contributed by atoms with Crippen molar-refractivity contribution in [2.45, 2.75) is 96.7 Å². The minimum absolute atomic E-state index is 0. The van der Waals surface area contributed by atoms with Crippen molar-refractivity contribution in [1.82, 2.24) is 29.1 Å². The van der Waals surface area contributed by atoms with E-state index in [0.29, 0.717) is 9.85 Å². The van der Waals surface area contributed by atoms with Crippen LogP contribution >= 0.6 is 45.9 Å². The average molecular weight is 863 g/mol. The second kappa shape index (κ2) is 16.5. The molecule has 0 amide bonds. The molecule has 0 aliphatic heterocycles. The molecule has 2 aliphatic rings. The van der Waals surface area contributed by atoms with E-state index in [-0.39, 0.29) is 63.6 Å². The number of hydrogen-bond acceptors (Lipinski definition) is 12. The Morgan fingerprint density at radius 2 is 1.20 bits per heavy atom. The molecule has 2 aliphatic carbocycles. The van der Waals surface area contributed by atoms with Gasteiger partial charge >= 0.3 is 15.6 Å². The molecule has 298 valence electrons. The third-order valence-corrected chi connectivity index (χ3v) is 13.0. The standard InChI is InChI=1S/C17H19ClN4OS.C16H13ClF3N3O4S2.2CH4/c1-21(2)11-8-12(18)20-16-13(11)14-15(24-16)17(23)22(9-19-14)10-6-4-3-5-7-10;17-10-6-9(27-29(25,26)16(18,19)20)11-12-13(28-14(11)22-10)15(24)23(7-21-12)8-4-2-1-3-5-8;;/h8-10H,3-7H2,1-2H3;6-8H,1-5H2;2*1H4. The van der Waals surface area contributed by atoms with Gasteiger partial charge in [-0.1, -0.05) is 76.6 Å². The maximum atomic E-state index is 13.0. The normalized spacial score (nSPS) is 15.8. The van der Waals surface area contributed by atoms with Crippen LogP contribution in [-0.2, 0) is 10.1 Å². The van der Waals surface area contributed by atoms with Gasteiger partial charge < -0.3 is 9.08 Å².